The van der Waals surface area contributed by atoms with Crippen molar-refractivity contribution >= 4 is 11.9 Å². The van der Waals surface area contributed by atoms with E-state index in [9.17, 15) is 9.59 Å². The van der Waals surface area contributed by atoms with E-state index < -0.39 is 22.4 Å². The molecule has 0 radical (unpaired) electrons. The van der Waals surface area contributed by atoms with Crippen LogP contribution in [0, 0.1) is 12.8 Å². The summed E-state index contributed by atoms with van der Waals surface area (Å²) < 4.78 is 23.1. The van der Waals surface area contributed by atoms with E-state index in [4.69, 9.17) is 18.6 Å². The lowest BCUT2D eigenvalue weighted by atomic mass is 9.68. The zero-order chi connectivity index (χ0) is 23.0. The average Bonchev–Trinajstić information content (AvgIpc) is 2.79. The highest BCUT2D eigenvalue weighted by Crippen LogP contribution is 2.56. The van der Waals surface area contributed by atoms with Crippen molar-refractivity contribution in [1.82, 2.24) is 0 Å². The second-order valence-corrected chi connectivity index (χ2v) is 9.12. The van der Waals surface area contributed by atoms with Gasteiger partial charge in [-0.25, -0.2) is 4.79 Å². The smallest absolute Gasteiger partial charge is 0.339 e. The molecule has 2 bridgehead atoms. The Balaban J connectivity index is 1.73. The Morgan fingerprint density at radius 1 is 1.19 bits per heavy atom. The summed E-state index contributed by atoms with van der Waals surface area (Å²) in [7, 11) is 1.52. The van der Waals surface area contributed by atoms with E-state index in [0.29, 0.717) is 17.9 Å². The normalized spacial score (nSPS) is 35.5. The maximum Gasteiger partial charge on any atom is 0.339 e. The number of allylic oxidation sites excluding steroid dienone is 4. The van der Waals surface area contributed by atoms with Gasteiger partial charge in [0.25, 0.3) is 0 Å². The summed E-state index contributed by atoms with van der Waals surface area (Å²) in [6.07, 6.45) is 11.6. The Bertz CT molecular complexity index is 1000. The molecule has 0 N–H and O–H groups in total. The molecule has 6 nitrogen and oxygen atoms in total. The molecule has 31 heavy (non-hydrogen) atoms. The molecule has 1 aromatic heterocycles. The van der Waals surface area contributed by atoms with Crippen molar-refractivity contribution in [3.05, 3.63) is 58.2 Å². The molecule has 2 aliphatic heterocycles. The van der Waals surface area contributed by atoms with Crippen molar-refractivity contribution in [2.45, 2.75) is 70.9 Å². The number of fused-ring (bicyclic) bond motifs is 2. The predicted octanol–water partition coefficient (Wildman–Crippen LogP) is 4.40. The summed E-state index contributed by atoms with van der Waals surface area (Å²) in [6, 6.07) is 1.32. The fourth-order valence-electron chi connectivity index (χ4n) is 5.33. The Kier molecular flexibility index (Phi) is 6.18. The van der Waals surface area contributed by atoms with E-state index in [-0.39, 0.29) is 17.8 Å². The molecule has 0 spiro atoms. The topological polar surface area (TPSA) is 75.0 Å². The van der Waals surface area contributed by atoms with Gasteiger partial charge in [0.1, 0.15) is 22.9 Å². The molecule has 0 aliphatic carbocycles. The number of hydrogen-bond donors (Lipinski definition) is 0. The number of methoxy groups -OCH3 is 1. The third-order valence-corrected chi connectivity index (χ3v) is 6.45. The highest BCUT2D eigenvalue weighted by molar-refractivity contribution is 5.81. The van der Waals surface area contributed by atoms with E-state index in [1.54, 1.807) is 19.1 Å². The molecule has 0 unspecified atom stereocenters. The zero-order valence-corrected chi connectivity index (χ0v) is 19.4. The lowest BCUT2D eigenvalue weighted by Gasteiger charge is -2.49. The van der Waals surface area contributed by atoms with Crippen LogP contribution < -0.4 is 10.4 Å². The molecule has 3 rings (SSSR count). The number of rotatable bonds is 6. The van der Waals surface area contributed by atoms with Crippen molar-refractivity contribution in [1.29, 1.82) is 0 Å². The minimum atomic E-state index is -0.664. The van der Waals surface area contributed by atoms with E-state index in [0.717, 1.165) is 5.56 Å². The van der Waals surface area contributed by atoms with Gasteiger partial charge in [0.2, 0.25) is 0 Å². The van der Waals surface area contributed by atoms with Gasteiger partial charge in [-0.3, -0.25) is 4.79 Å². The van der Waals surface area contributed by atoms with E-state index in [1.165, 1.54) is 13.2 Å². The molecule has 6 heteroatoms. The van der Waals surface area contributed by atoms with Crippen LogP contribution in [0.3, 0.4) is 0 Å². The van der Waals surface area contributed by atoms with Gasteiger partial charge < -0.3 is 18.6 Å². The number of carbonyl (C=O) groups excluding carboxylic acids is 1. The first-order valence-corrected chi connectivity index (χ1v) is 10.5. The summed E-state index contributed by atoms with van der Waals surface area (Å²) in [5.41, 5.74) is -1.46. The average molecular weight is 429 g/mol. The SMILES string of the molecule is COc1cc(=O)oc(/C=C/C=C/C=C/[C@@]2(C)C[C@]3(C)O[C@H](C)[C@](C)(O2)[C@H]3C(C)=O)c1C. The molecule has 5 atom stereocenters. The van der Waals surface area contributed by atoms with Crippen molar-refractivity contribution in [2.75, 3.05) is 7.11 Å². The maximum atomic E-state index is 12.3. The Morgan fingerprint density at radius 2 is 1.87 bits per heavy atom. The lowest BCUT2D eigenvalue weighted by Crippen LogP contribution is -2.59. The number of Topliss-reactive ketones (excluding diaryl/α,β-unsaturated/α-hetero) is 1. The molecule has 2 aliphatic rings. The minimum Gasteiger partial charge on any atom is -0.496 e. The predicted molar refractivity (Wildman–Crippen MR) is 119 cm³/mol. The number of hydrogen-bond acceptors (Lipinski definition) is 6. The van der Waals surface area contributed by atoms with Crippen molar-refractivity contribution in [2.24, 2.45) is 5.92 Å². The van der Waals surface area contributed by atoms with Gasteiger partial charge in [0.05, 0.1) is 36.4 Å². The molecule has 0 aromatic carbocycles. The highest BCUT2D eigenvalue weighted by atomic mass is 16.6. The van der Waals surface area contributed by atoms with Crippen LogP contribution in [0.4, 0.5) is 0 Å². The molecule has 168 valence electrons. The summed E-state index contributed by atoms with van der Waals surface area (Å²) in [4.78, 5) is 23.9. The first kappa shape index (κ1) is 23.2. The fourth-order valence-corrected chi connectivity index (χ4v) is 5.33. The Hall–Kier alpha value is -2.44. The van der Waals surface area contributed by atoms with Gasteiger partial charge in [-0.1, -0.05) is 30.4 Å². The largest absolute Gasteiger partial charge is 0.496 e. The third-order valence-electron chi connectivity index (χ3n) is 6.45. The molecule has 0 saturated carbocycles. The second-order valence-electron chi connectivity index (χ2n) is 9.12. The molecule has 1 aromatic rings. The first-order chi connectivity index (χ1) is 14.4. The molecular weight excluding hydrogens is 396 g/mol. The first-order valence-electron chi connectivity index (χ1n) is 10.5. The maximum absolute atomic E-state index is 12.3. The minimum absolute atomic E-state index is 0.102. The number of ether oxygens (including phenoxy) is 3. The van der Waals surface area contributed by atoms with Crippen LogP contribution >= 0.6 is 0 Å². The number of ketones is 1. The van der Waals surface area contributed by atoms with Gasteiger partial charge in [0, 0.05) is 12.0 Å². The highest BCUT2D eigenvalue weighted by Gasteiger charge is 2.67. The van der Waals surface area contributed by atoms with Crippen LogP contribution in [0.25, 0.3) is 6.08 Å². The van der Waals surface area contributed by atoms with Crippen molar-refractivity contribution in [3.8, 4) is 5.75 Å². The van der Waals surface area contributed by atoms with Gasteiger partial charge in [-0.05, 0) is 47.6 Å². The Morgan fingerprint density at radius 3 is 2.48 bits per heavy atom. The number of carbonyl (C=O) groups is 1. The summed E-state index contributed by atoms with van der Waals surface area (Å²) in [5, 5.41) is 0. The van der Waals surface area contributed by atoms with Gasteiger partial charge >= 0.3 is 5.63 Å². The lowest BCUT2D eigenvalue weighted by molar-refractivity contribution is -0.186. The molecule has 2 saturated heterocycles. The van der Waals surface area contributed by atoms with Crippen molar-refractivity contribution in [3.63, 3.8) is 0 Å². The van der Waals surface area contributed by atoms with Gasteiger partial charge in [-0.15, -0.1) is 0 Å². The van der Waals surface area contributed by atoms with Crippen LogP contribution in [0.2, 0.25) is 0 Å². The second kappa shape index (κ2) is 8.24. The monoisotopic (exact) mass is 428 g/mol. The third kappa shape index (κ3) is 4.32. The summed E-state index contributed by atoms with van der Waals surface area (Å²) >= 11 is 0. The van der Waals surface area contributed by atoms with Crippen LogP contribution in [-0.4, -0.2) is 35.8 Å². The van der Waals surface area contributed by atoms with Crippen LogP contribution in [0.5, 0.6) is 5.75 Å². The van der Waals surface area contributed by atoms with Crippen molar-refractivity contribution < 1.29 is 23.4 Å². The molecule has 2 fully saturated rings. The molecule has 0 amide bonds. The van der Waals surface area contributed by atoms with Crippen LogP contribution in [0.1, 0.15) is 52.4 Å². The standard InChI is InChI=1S/C25H32O6/c1-16-19(29-21(27)14-20(16)28-7)12-10-8-9-11-13-23(4)15-24(5)22(17(2)26)25(6,31-23)18(3)30-24/h8-14,18,22H,15H2,1-7H3/b9-8+,12-10+,13-11+/t18-,22+,23+,24+,25+/m1/s1. The summed E-state index contributed by atoms with van der Waals surface area (Å²) in [5.74, 6) is 0.777. The quantitative estimate of drug-likeness (QED) is 0.625. The van der Waals surface area contributed by atoms with E-state index >= 15 is 0 Å². The van der Waals surface area contributed by atoms with Gasteiger partial charge in [0.15, 0.2) is 0 Å². The summed E-state index contributed by atoms with van der Waals surface area (Å²) in [6.45, 7) is 11.4. The van der Waals surface area contributed by atoms with E-state index in [1.807, 2.05) is 58.9 Å². The van der Waals surface area contributed by atoms with Crippen LogP contribution in [-0.2, 0) is 14.3 Å². The molecule has 3 heterocycles. The van der Waals surface area contributed by atoms with E-state index in [2.05, 4.69) is 0 Å². The van der Waals surface area contributed by atoms with Gasteiger partial charge in [-0.2, -0.15) is 0 Å². The fraction of sp³-hybridized carbons (Fsp3) is 0.520. The Labute approximate surface area is 183 Å². The zero-order valence-electron chi connectivity index (χ0n) is 19.4. The molecular formula is C25H32O6. The van der Waals surface area contributed by atoms with Crippen LogP contribution in [0.15, 0.2) is 45.7 Å².